The van der Waals surface area contributed by atoms with Crippen LogP contribution in [0.2, 0.25) is 0 Å². The maximum absolute atomic E-state index is 12.3. The Bertz CT molecular complexity index is 2140. The maximum Gasteiger partial charge on any atom is 2.00 e. The van der Waals surface area contributed by atoms with Gasteiger partial charge in [-0.1, -0.05) is 13.8 Å². The van der Waals surface area contributed by atoms with Gasteiger partial charge in [0.15, 0.2) is 5.72 Å². The molecule has 62 heavy (non-hydrogen) atoms. The second-order valence-electron chi connectivity index (χ2n) is 12.3. The molecular weight excluding hydrogens is 967 g/mol. The fourth-order valence-electron chi connectivity index (χ4n) is 5.40. The van der Waals surface area contributed by atoms with E-state index in [9.17, 15) is 49.4 Å². The molecule has 2 atom stereocenters. The van der Waals surface area contributed by atoms with E-state index in [4.69, 9.17) is 0 Å². The molecule has 0 bridgehead atoms. The third kappa shape index (κ3) is 18.7. The second-order valence-corrected chi connectivity index (χ2v) is 12.3. The van der Waals surface area contributed by atoms with Gasteiger partial charge in [0.05, 0.1) is 42.4 Å². The van der Waals surface area contributed by atoms with Gasteiger partial charge in [0.1, 0.15) is 0 Å². The van der Waals surface area contributed by atoms with Crippen LogP contribution in [0.25, 0.3) is 0 Å². The van der Waals surface area contributed by atoms with Crippen molar-refractivity contribution in [3.63, 3.8) is 0 Å². The van der Waals surface area contributed by atoms with Crippen molar-refractivity contribution in [1.29, 1.82) is 0 Å². The van der Waals surface area contributed by atoms with Crippen LogP contribution in [0.3, 0.4) is 0 Å². The molecule has 0 aromatic carbocycles. The summed E-state index contributed by atoms with van der Waals surface area (Å²) in [5.74, 6) is -0.495. The van der Waals surface area contributed by atoms with E-state index >= 15 is 0 Å². The minimum Gasteiger partial charge on any atom is -1.00 e. The second kappa shape index (κ2) is 26.5. The van der Waals surface area contributed by atoms with E-state index < -0.39 is 49.4 Å². The SMILES string of the molecule is CCC(O)(c1ccncc1)n1ccc(CC(F)(F)F)n1.CCC(c1ccncc1)n1ccc(CC(F)(F)F)n1.O=C(c1ccncc1)n1ccc(CC(F)(F)F)n1.[Br-].[CH2-]C.[Mg+2].[Zn]. The van der Waals surface area contributed by atoms with E-state index in [0.29, 0.717) is 11.1 Å². The molecule has 6 aromatic rings. The van der Waals surface area contributed by atoms with Gasteiger partial charge >= 0.3 is 41.6 Å². The number of halogens is 10. The van der Waals surface area contributed by atoms with Gasteiger partial charge in [-0.25, -0.2) is 9.36 Å². The molecule has 23 heteroatoms. The van der Waals surface area contributed by atoms with Gasteiger partial charge in [0.2, 0.25) is 0 Å². The van der Waals surface area contributed by atoms with E-state index in [1.165, 1.54) is 67.5 Å². The number of hydrogen-bond donors (Lipinski definition) is 1. The first kappa shape index (κ1) is 57.9. The number of pyridine rings is 3. The minimum absolute atomic E-state index is 0. The Balaban J connectivity index is 0.000000862. The Morgan fingerprint density at radius 2 is 1.06 bits per heavy atom. The predicted molar refractivity (Wildman–Crippen MR) is 203 cm³/mol. The summed E-state index contributed by atoms with van der Waals surface area (Å²) in [4.78, 5) is 23.3. The number of aromatic nitrogens is 9. The number of alkyl halides is 9. The number of rotatable bonds is 10. The fraction of sp³-hybridized carbons (Fsp3) is 0.333. The Labute approximate surface area is 391 Å². The topological polar surface area (TPSA) is 129 Å². The van der Waals surface area contributed by atoms with E-state index in [0.717, 1.165) is 21.3 Å². The van der Waals surface area contributed by atoms with Crippen molar-refractivity contribution in [2.45, 2.75) is 83.2 Å². The number of nitrogens with zero attached hydrogens (tertiary/aromatic N) is 9. The van der Waals surface area contributed by atoms with Crippen molar-refractivity contribution in [2.24, 2.45) is 0 Å². The fourth-order valence-corrected chi connectivity index (χ4v) is 5.40. The van der Waals surface area contributed by atoms with Gasteiger partial charge in [0.25, 0.3) is 5.91 Å². The summed E-state index contributed by atoms with van der Waals surface area (Å²) in [6.45, 7) is 8.70. The van der Waals surface area contributed by atoms with Crippen LogP contribution in [-0.4, -0.2) is 96.9 Å². The molecule has 6 rings (SSSR count). The monoisotopic (exact) mass is 1010 g/mol. The van der Waals surface area contributed by atoms with Crippen LogP contribution in [-0.2, 0) is 44.5 Å². The van der Waals surface area contributed by atoms with Crippen LogP contribution < -0.4 is 17.0 Å². The minimum atomic E-state index is -4.33. The molecule has 1 N–H and O–H groups in total. The smallest absolute Gasteiger partial charge is 1.00 e. The Morgan fingerprint density at radius 3 is 1.53 bits per heavy atom. The molecule has 6 aromatic heterocycles. The quantitative estimate of drug-likeness (QED) is 0.110. The summed E-state index contributed by atoms with van der Waals surface area (Å²) < 4.78 is 114. The van der Waals surface area contributed by atoms with Gasteiger partial charge in [-0.3, -0.25) is 24.4 Å². The van der Waals surface area contributed by atoms with E-state index in [2.05, 4.69) is 37.2 Å². The van der Waals surface area contributed by atoms with Gasteiger partial charge in [-0.15, -0.1) is 0 Å². The summed E-state index contributed by atoms with van der Waals surface area (Å²) >= 11 is 0. The molecule has 6 heterocycles. The Hall–Kier alpha value is -4.05. The van der Waals surface area contributed by atoms with Crippen LogP contribution in [0.15, 0.2) is 110 Å². The number of aliphatic hydroxyl groups is 1. The van der Waals surface area contributed by atoms with Crippen LogP contribution in [0.5, 0.6) is 0 Å². The molecular formula is C39H41BrF9MgN9O2Zn. The molecule has 0 aliphatic heterocycles. The zero-order valence-corrected chi connectivity index (χ0v) is 39.8. The van der Waals surface area contributed by atoms with Crippen LogP contribution >= 0.6 is 0 Å². The predicted octanol–water partition coefficient (Wildman–Crippen LogP) is 5.40. The van der Waals surface area contributed by atoms with Crippen molar-refractivity contribution in [3.8, 4) is 0 Å². The van der Waals surface area contributed by atoms with Gasteiger partial charge in [-0.05, 0) is 73.0 Å². The normalized spacial score (nSPS) is 12.4. The molecule has 0 amide bonds. The van der Waals surface area contributed by atoms with Gasteiger partial charge < -0.3 is 29.0 Å². The van der Waals surface area contributed by atoms with E-state index in [1.54, 1.807) is 49.3 Å². The van der Waals surface area contributed by atoms with Crippen molar-refractivity contribution >= 4 is 29.0 Å². The largest absolute Gasteiger partial charge is 2.00 e. The van der Waals surface area contributed by atoms with Crippen molar-refractivity contribution in [2.75, 3.05) is 0 Å². The Morgan fingerprint density at radius 1 is 0.645 bits per heavy atom. The van der Waals surface area contributed by atoms with E-state index in [-0.39, 0.29) is 89.1 Å². The Kier molecular flexibility index (Phi) is 24.8. The van der Waals surface area contributed by atoms with Crippen LogP contribution in [0.1, 0.15) is 78.2 Å². The molecule has 0 spiro atoms. The molecule has 0 aliphatic rings. The molecule has 0 aliphatic carbocycles. The van der Waals surface area contributed by atoms with Crippen LogP contribution in [0, 0.1) is 6.92 Å². The first-order valence-electron chi connectivity index (χ1n) is 17.8. The molecule has 0 saturated heterocycles. The average Bonchev–Trinajstić information content (AvgIpc) is 3.98. The third-order valence-electron chi connectivity index (χ3n) is 8.04. The summed E-state index contributed by atoms with van der Waals surface area (Å²) in [5.41, 5.74) is 0.0677. The number of carbonyl (C=O) groups excluding carboxylic acids is 1. The maximum atomic E-state index is 12.3. The number of carbonyl (C=O) groups is 1. The molecule has 0 radical (unpaired) electrons. The molecule has 11 nitrogen and oxygen atoms in total. The first-order valence-corrected chi connectivity index (χ1v) is 17.8. The molecule has 328 valence electrons. The average molecular weight is 1010 g/mol. The first-order chi connectivity index (χ1) is 27.8. The van der Waals surface area contributed by atoms with Crippen molar-refractivity contribution in [3.05, 3.63) is 151 Å². The molecule has 0 saturated carbocycles. The standard InChI is InChI=1S/C13H14F3N3O.C13H14F3N3.C11H8F3N3O.C2H5.BrH.Mg.Zn/c1-2-12(20,10-3-6-17-7-4-10)19-8-5-11(18-19)9-13(14,15)16;1-2-12(10-3-6-17-7-4-10)19-8-5-11(18-19)9-13(14,15)16;12-11(13,14)7-9-3-6-17(16-9)10(18)8-1-4-15-5-2-8;1-2;;;/h3-8,20H,2,9H2,1H3;3-8,12H,2,9H2,1H3;1-6H,7H2;1H2,2H3;1H;;/q;;;-1;;+2;/p-1. The molecule has 2 unspecified atom stereocenters. The van der Waals surface area contributed by atoms with Gasteiger partial charge in [0, 0.05) is 86.4 Å². The zero-order chi connectivity index (χ0) is 43.9. The summed E-state index contributed by atoms with van der Waals surface area (Å²) in [5, 5.41) is 22.1. The van der Waals surface area contributed by atoms with Crippen molar-refractivity contribution in [1.82, 2.24) is 44.3 Å². The van der Waals surface area contributed by atoms with Crippen LogP contribution in [0.4, 0.5) is 39.5 Å². The van der Waals surface area contributed by atoms with Gasteiger partial charge in [-0.2, -0.15) is 61.7 Å². The zero-order valence-electron chi connectivity index (χ0n) is 33.8. The van der Waals surface area contributed by atoms with E-state index in [1.807, 2.05) is 19.1 Å². The molecule has 0 fully saturated rings. The number of hydrogen-bond acceptors (Lipinski definition) is 8. The third-order valence-corrected chi connectivity index (χ3v) is 8.04. The van der Waals surface area contributed by atoms with Crippen molar-refractivity contribution < 1.29 is 85.9 Å². The summed E-state index contributed by atoms with van der Waals surface area (Å²) in [7, 11) is 0. The summed E-state index contributed by atoms with van der Waals surface area (Å²) in [6, 6.07) is 13.6. The summed E-state index contributed by atoms with van der Waals surface area (Å²) in [6.07, 6.45) is -1.77.